The van der Waals surface area contributed by atoms with Gasteiger partial charge in [0.15, 0.2) is 0 Å². The second kappa shape index (κ2) is 7.81. The van der Waals surface area contributed by atoms with Gasteiger partial charge < -0.3 is 15.0 Å². The average Bonchev–Trinajstić information content (AvgIpc) is 2.92. The lowest BCUT2D eigenvalue weighted by Crippen LogP contribution is -2.24. The Labute approximate surface area is 142 Å². The largest absolute Gasteiger partial charge is 0.497 e. The molecule has 1 fully saturated rings. The van der Waals surface area contributed by atoms with Crippen LogP contribution in [0.1, 0.15) is 36.0 Å². The number of benzene rings is 1. The van der Waals surface area contributed by atoms with E-state index >= 15 is 0 Å². The number of ether oxygens (including phenoxy) is 1. The van der Waals surface area contributed by atoms with Gasteiger partial charge in [-0.3, -0.25) is 4.79 Å². The third-order valence-corrected chi connectivity index (χ3v) is 4.29. The van der Waals surface area contributed by atoms with Gasteiger partial charge >= 0.3 is 0 Å². The van der Waals surface area contributed by atoms with Crippen LogP contribution >= 0.6 is 0 Å². The van der Waals surface area contributed by atoms with Gasteiger partial charge in [-0.2, -0.15) is 0 Å². The van der Waals surface area contributed by atoms with Crippen molar-refractivity contribution in [3.05, 3.63) is 48.2 Å². The Bertz CT molecular complexity index is 660. The molecule has 5 nitrogen and oxygen atoms in total. The molecule has 1 aromatic carbocycles. The van der Waals surface area contributed by atoms with Crippen LogP contribution in [0.5, 0.6) is 5.75 Å². The quantitative estimate of drug-likeness (QED) is 0.931. The molecule has 0 spiro atoms. The summed E-state index contributed by atoms with van der Waals surface area (Å²) in [7, 11) is 1.60. The molecule has 5 heteroatoms. The minimum absolute atomic E-state index is 0.151. The third kappa shape index (κ3) is 4.04. The number of nitrogens with zero attached hydrogens (tertiary/aromatic N) is 2. The van der Waals surface area contributed by atoms with Crippen LogP contribution in [0.3, 0.4) is 0 Å². The van der Waals surface area contributed by atoms with Crippen molar-refractivity contribution >= 4 is 17.4 Å². The van der Waals surface area contributed by atoms with Crippen molar-refractivity contribution in [1.82, 2.24) is 4.98 Å². The fourth-order valence-corrected chi connectivity index (χ4v) is 2.89. The number of carbonyl (C=O) groups excluding carboxylic acids is 1. The van der Waals surface area contributed by atoms with Crippen molar-refractivity contribution < 1.29 is 9.53 Å². The summed E-state index contributed by atoms with van der Waals surface area (Å²) >= 11 is 0. The number of carbonyl (C=O) groups is 1. The smallest absolute Gasteiger partial charge is 0.255 e. The summed E-state index contributed by atoms with van der Waals surface area (Å²) in [5.41, 5.74) is 1.29. The highest BCUT2D eigenvalue weighted by Gasteiger charge is 2.11. The molecule has 0 radical (unpaired) electrons. The first-order valence-electron chi connectivity index (χ1n) is 8.43. The Hall–Kier alpha value is -2.56. The Kier molecular flexibility index (Phi) is 5.31. The molecule has 0 saturated carbocycles. The highest BCUT2D eigenvalue weighted by Crippen LogP contribution is 2.19. The van der Waals surface area contributed by atoms with Crippen molar-refractivity contribution in [2.45, 2.75) is 25.7 Å². The highest BCUT2D eigenvalue weighted by atomic mass is 16.5. The Morgan fingerprint density at radius 3 is 2.33 bits per heavy atom. The van der Waals surface area contributed by atoms with Gasteiger partial charge in [0.25, 0.3) is 5.91 Å². The van der Waals surface area contributed by atoms with Crippen LogP contribution in [0, 0.1) is 0 Å². The van der Waals surface area contributed by atoms with E-state index in [0.717, 1.165) is 24.7 Å². The van der Waals surface area contributed by atoms with Crippen LogP contribution in [-0.2, 0) is 0 Å². The van der Waals surface area contributed by atoms with E-state index in [4.69, 9.17) is 4.74 Å². The van der Waals surface area contributed by atoms with Crippen LogP contribution < -0.4 is 15.0 Å². The molecule has 0 atom stereocenters. The SMILES string of the molecule is COc1ccc(C(=O)Nc2ccc(N3CCCCCC3)nc2)cc1. The molecule has 0 aliphatic carbocycles. The number of pyridine rings is 1. The maximum absolute atomic E-state index is 12.3. The molecule has 1 aromatic heterocycles. The first-order valence-corrected chi connectivity index (χ1v) is 8.43. The van der Waals surface area contributed by atoms with E-state index in [2.05, 4.69) is 15.2 Å². The molecule has 2 heterocycles. The predicted molar refractivity (Wildman–Crippen MR) is 95.9 cm³/mol. The molecule has 1 amide bonds. The maximum Gasteiger partial charge on any atom is 0.255 e. The summed E-state index contributed by atoms with van der Waals surface area (Å²) < 4.78 is 5.10. The van der Waals surface area contributed by atoms with Crippen molar-refractivity contribution in [2.75, 3.05) is 30.4 Å². The van der Waals surface area contributed by atoms with Crippen LogP contribution in [0.15, 0.2) is 42.6 Å². The second-order valence-electron chi connectivity index (χ2n) is 5.99. The predicted octanol–water partition coefficient (Wildman–Crippen LogP) is 3.72. The van der Waals surface area contributed by atoms with E-state index in [1.54, 1.807) is 37.6 Å². The second-order valence-corrected chi connectivity index (χ2v) is 5.99. The fraction of sp³-hybridized carbons (Fsp3) is 0.368. The van der Waals surface area contributed by atoms with Crippen LogP contribution in [0.4, 0.5) is 11.5 Å². The summed E-state index contributed by atoms with van der Waals surface area (Å²) in [6.45, 7) is 2.12. The monoisotopic (exact) mass is 325 g/mol. The number of amides is 1. The third-order valence-electron chi connectivity index (χ3n) is 4.29. The normalized spacial score (nSPS) is 14.8. The molecule has 1 saturated heterocycles. The molecule has 0 unspecified atom stereocenters. The van der Waals surface area contributed by atoms with E-state index < -0.39 is 0 Å². The molecule has 1 N–H and O–H groups in total. The van der Waals surface area contributed by atoms with Crippen molar-refractivity contribution in [1.29, 1.82) is 0 Å². The lowest BCUT2D eigenvalue weighted by Gasteiger charge is -2.21. The molecule has 2 aromatic rings. The summed E-state index contributed by atoms with van der Waals surface area (Å²) in [4.78, 5) is 19.1. The topological polar surface area (TPSA) is 54.5 Å². The summed E-state index contributed by atoms with van der Waals surface area (Å²) in [5, 5.41) is 2.88. The van der Waals surface area contributed by atoms with Gasteiger partial charge in [-0.1, -0.05) is 12.8 Å². The first kappa shape index (κ1) is 16.3. The maximum atomic E-state index is 12.3. The van der Waals surface area contributed by atoms with Crippen molar-refractivity contribution in [3.8, 4) is 5.75 Å². The molecule has 3 rings (SSSR count). The van der Waals surface area contributed by atoms with Gasteiger partial charge in [0, 0.05) is 18.7 Å². The molecule has 1 aliphatic rings. The van der Waals surface area contributed by atoms with E-state index in [0.29, 0.717) is 11.3 Å². The molecule has 126 valence electrons. The van der Waals surface area contributed by atoms with Crippen LogP contribution in [0.25, 0.3) is 0 Å². The summed E-state index contributed by atoms with van der Waals surface area (Å²) in [6.07, 6.45) is 6.76. The van der Waals surface area contributed by atoms with E-state index in [9.17, 15) is 4.79 Å². The Morgan fingerprint density at radius 2 is 1.75 bits per heavy atom. The van der Waals surface area contributed by atoms with Gasteiger partial charge in [0.1, 0.15) is 11.6 Å². The average molecular weight is 325 g/mol. The van der Waals surface area contributed by atoms with Crippen molar-refractivity contribution in [2.24, 2.45) is 0 Å². The standard InChI is InChI=1S/C19H23N3O2/c1-24-17-9-6-15(7-10-17)19(23)21-16-8-11-18(20-14-16)22-12-4-2-3-5-13-22/h6-11,14H,2-5,12-13H2,1H3,(H,21,23). The van der Waals surface area contributed by atoms with Gasteiger partial charge in [-0.25, -0.2) is 4.98 Å². The van der Waals surface area contributed by atoms with Crippen molar-refractivity contribution in [3.63, 3.8) is 0 Å². The zero-order valence-electron chi connectivity index (χ0n) is 14.0. The van der Waals surface area contributed by atoms with E-state index in [1.165, 1.54) is 25.7 Å². The number of nitrogens with one attached hydrogen (secondary N) is 1. The number of hydrogen-bond acceptors (Lipinski definition) is 4. The lowest BCUT2D eigenvalue weighted by molar-refractivity contribution is 0.102. The molecular weight excluding hydrogens is 302 g/mol. The summed E-state index contributed by atoms with van der Waals surface area (Å²) in [6, 6.07) is 10.9. The number of hydrogen-bond donors (Lipinski definition) is 1. The zero-order chi connectivity index (χ0) is 16.8. The minimum Gasteiger partial charge on any atom is -0.497 e. The Balaban J connectivity index is 1.63. The molecule has 0 bridgehead atoms. The summed E-state index contributed by atoms with van der Waals surface area (Å²) in [5.74, 6) is 1.57. The van der Waals surface area contributed by atoms with E-state index in [1.807, 2.05) is 12.1 Å². The minimum atomic E-state index is -0.151. The molecular formula is C19H23N3O2. The first-order chi connectivity index (χ1) is 11.8. The Morgan fingerprint density at radius 1 is 1.04 bits per heavy atom. The number of anilines is 2. The zero-order valence-corrected chi connectivity index (χ0v) is 14.0. The van der Waals surface area contributed by atoms with E-state index in [-0.39, 0.29) is 5.91 Å². The van der Waals surface area contributed by atoms with Crippen LogP contribution in [0.2, 0.25) is 0 Å². The fourth-order valence-electron chi connectivity index (χ4n) is 2.89. The number of aromatic nitrogens is 1. The van der Waals surface area contributed by atoms with Gasteiger partial charge in [0.05, 0.1) is 19.0 Å². The lowest BCUT2D eigenvalue weighted by atomic mass is 10.2. The molecule has 24 heavy (non-hydrogen) atoms. The number of methoxy groups -OCH3 is 1. The number of rotatable bonds is 4. The van der Waals surface area contributed by atoms with Crippen LogP contribution in [-0.4, -0.2) is 31.1 Å². The molecule has 1 aliphatic heterocycles. The van der Waals surface area contributed by atoms with Gasteiger partial charge in [0.2, 0.25) is 0 Å². The highest BCUT2D eigenvalue weighted by molar-refractivity contribution is 6.04. The van der Waals surface area contributed by atoms with Gasteiger partial charge in [-0.15, -0.1) is 0 Å². The van der Waals surface area contributed by atoms with Gasteiger partial charge in [-0.05, 0) is 49.2 Å².